The second-order valence-corrected chi connectivity index (χ2v) is 10.3. The predicted octanol–water partition coefficient (Wildman–Crippen LogP) is 5.15. The fraction of sp³-hybridized carbons (Fsp3) is 0.250. The Balaban J connectivity index is 1.60. The molecular weight excluding hydrogens is 480 g/mol. The summed E-state index contributed by atoms with van der Waals surface area (Å²) in [7, 11) is -2.63. The number of hydrogen-bond donors (Lipinski definition) is 1. The van der Waals surface area contributed by atoms with Gasteiger partial charge in [0.25, 0.3) is 10.0 Å². The summed E-state index contributed by atoms with van der Waals surface area (Å²) in [6.07, 6.45) is 2.78. The number of aromatic nitrogens is 1. The molecular formula is C20H16BrClN2O4S. The molecule has 1 fully saturated rings. The highest BCUT2D eigenvalue weighted by atomic mass is 79.9. The maximum atomic E-state index is 13.1. The Labute approximate surface area is 181 Å². The molecule has 1 saturated carbocycles. The molecule has 5 rings (SSSR count). The molecule has 1 aromatic heterocycles. The van der Waals surface area contributed by atoms with Crippen molar-refractivity contribution in [1.82, 2.24) is 5.16 Å². The van der Waals surface area contributed by atoms with Gasteiger partial charge in [-0.1, -0.05) is 44.8 Å². The van der Waals surface area contributed by atoms with Crippen molar-refractivity contribution in [2.75, 3.05) is 11.8 Å². The second-order valence-electron chi connectivity index (χ2n) is 7.36. The highest BCUT2D eigenvalue weighted by Gasteiger charge is 2.50. The standard InChI is InChI=1S/C20H16BrClN2O4S/c1-27-16-4-2-3-15(22)18(16)29(25,26)24-19-13-10-20(7-8-20)14-6-5-11(21)9-12(14)17(13)28-23-19/h2-6,9H,7-8,10H2,1H3,(H,23,24). The van der Waals surface area contributed by atoms with E-state index in [1.54, 1.807) is 12.1 Å². The molecule has 0 bridgehead atoms. The summed E-state index contributed by atoms with van der Waals surface area (Å²) in [5.41, 5.74) is 2.97. The van der Waals surface area contributed by atoms with Crippen LogP contribution in [0.25, 0.3) is 11.3 Å². The van der Waals surface area contributed by atoms with E-state index >= 15 is 0 Å². The van der Waals surface area contributed by atoms with Gasteiger partial charge in [0.05, 0.1) is 12.1 Å². The molecule has 0 unspecified atom stereocenters. The van der Waals surface area contributed by atoms with Crippen LogP contribution in [-0.4, -0.2) is 20.7 Å². The molecule has 2 aromatic carbocycles. The smallest absolute Gasteiger partial charge is 0.268 e. The molecule has 9 heteroatoms. The minimum atomic E-state index is -4.03. The van der Waals surface area contributed by atoms with Crippen LogP contribution in [0.3, 0.4) is 0 Å². The lowest BCUT2D eigenvalue weighted by Gasteiger charge is -2.24. The van der Waals surface area contributed by atoms with E-state index in [9.17, 15) is 8.42 Å². The Morgan fingerprint density at radius 3 is 2.79 bits per heavy atom. The average Bonchev–Trinajstić information content (AvgIpc) is 3.34. The highest BCUT2D eigenvalue weighted by molar-refractivity contribution is 9.10. The van der Waals surface area contributed by atoms with Crippen LogP contribution in [0.15, 0.2) is 50.3 Å². The third-order valence-electron chi connectivity index (χ3n) is 5.61. The van der Waals surface area contributed by atoms with Crippen LogP contribution < -0.4 is 9.46 Å². The molecule has 0 radical (unpaired) electrons. The molecule has 2 aliphatic carbocycles. The van der Waals surface area contributed by atoms with Crippen LogP contribution in [0, 0.1) is 0 Å². The van der Waals surface area contributed by atoms with Gasteiger partial charge in [0, 0.05) is 21.0 Å². The fourth-order valence-electron chi connectivity index (χ4n) is 4.05. The van der Waals surface area contributed by atoms with Crippen LogP contribution >= 0.6 is 27.5 Å². The molecule has 0 atom stereocenters. The Hall–Kier alpha value is -2.03. The Kier molecular flexibility index (Phi) is 4.24. The van der Waals surface area contributed by atoms with E-state index in [4.69, 9.17) is 20.9 Å². The van der Waals surface area contributed by atoms with Crippen molar-refractivity contribution in [2.24, 2.45) is 0 Å². The van der Waals surface area contributed by atoms with Gasteiger partial charge in [0.15, 0.2) is 11.6 Å². The number of benzene rings is 2. The molecule has 0 aliphatic heterocycles. The first kappa shape index (κ1) is 19.0. The largest absolute Gasteiger partial charge is 0.495 e. The zero-order valence-corrected chi connectivity index (χ0v) is 18.5. The lowest BCUT2D eigenvalue weighted by Crippen LogP contribution is -2.20. The van der Waals surface area contributed by atoms with Crippen molar-refractivity contribution in [3.8, 4) is 17.1 Å². The first-order chi connectivity index (χ1) is 13.8. The Bertz CT molecular complexity index is 1250. The third kappa shape index (κ3) is 2.96. The molecule has 0 amide bonds. The number of hydrogen-bond acceptors (Lipinski definition) is 5. The van der Waals surface area contributed by atoms with Crippen LogP contribution in [-0.2, 0) is 21.9 Å². The first-order valence-corrected chi connectivity index (χ1v) is 11.6. The van der Waals surface area contributed by atoms with Gasteiger partial charge < -0.3 is 9.26 Å². The Morgan fingerprint density at radius 1 is 1.28 bits per heavy atom. The van der Waals surface area contributed by atoms with Gasteiger partial charge in [-0.05, 0) is 49.1 Å². The monoisotopic (exact) mass is 494 g/mol. The maximum Gasteiger partial charge on any atom is 0.268 e. The van der Waals surface area contributed by atoms with Crippen molar-refractivity contribution in [3.63, 3.8) is 0 Å². The molecule has 6 nitrogen and oxygen atoms in total. The predicted molar refractivity (Wildman–Crippen MR) is 113 cm³/mol. The normalized spacial score (nSPS) is 16.2. The van der Waals surface area contributed by atoms with E-state index in [1.807, 2.05) is 12.1 Å². The summed E-state index contributed by atoms with van der Waals surface area (Å²) < 4.78 is 40.5. The van der Waals surface area contributed by atoms with Crippen molar-refractivity contribution in [2.45, 2.75) is 29.6 Å². The Morgan fingerprint density at radius 2 is 2.07 bits per heavy atom. The van der Waals surface area contributed by atoms with Crippen molar-refractivity contribution >= 4 is 43.4 Å². The van der Waals surface area contributed by atoms with Gasteiger partial charge in [-0.2, -0.15) is 0 Å². The molecule has 29 heavy (non-hydrogen) atoms. The quantitative estimate of drug-likeness (QED) is 0.541. The van der Waals surface area contributed by atoms with Gasteiger partial charge >= 0.3 is 0 Å². The number of fused-ring (bicyclic) bond motifs is 4. The van der Waals surface area contributed by atoms with Crippen LogP contribution in [0.4, 0.5) is 5.82 Å². The van der Waals surface area contributed by atoms with Crippen LogP contribution in [0.5, 0.6) is 5.75 Å². The molecule has 1 spiro atoms. The van der Waals surface area contributed by atoms with Gasteiger partial charge in [-0.15, -0.1) is 0 Å². The molecule has 2 aliphatic rings. The van der Waals surface area contributed by atoms with Gasteiger partial charge in [0.2, 0.25) is 0 Å². The summed E-state index contributed by atoms with van der Waals surface area (Å²) in [6.45, 7) is 0. The van der Waals surface area contributed by atoms with Crippen LogP contribution in [0.1, 0.15) is 24.0 Å². The van der Waals surface area contributed by atoms with E-state index in [0.717, 1.165) is 28.4 Å². The highest BCUT2D eigenvalue weighted by Crippen LogP contribution is 2.58. The van der Waals surface area contributed by atoms with Gasteiger partial charge in [-0.3, -0.25) is 4.72 Å². The number of methoxy groups -OCH3 is 1. The van der Waals surface area contributed by atoms with Gasteiger partial charge in [0.1, 0.15) is 10.6 Å². The van der Waals surface area contributed by atoms with E-state index < -0.39 is 10.0 Å². The number of anilines is 1. The van der Waals surface area contributed by atoms with E-state index in [-0.39, 0.29) is 26.9 Å². The molecule has 0 saturated heterocycles. The number of rotatable bonds is 4. The number of nitrogens with one attached hydrogen (secondary N) is 1. The summed E-state index contributed by atoms with van der Waals surface area (Å²) >= 11 is 9.68. The maximum absolute atomic E-state index is 13.1. The van der Waals surface area contributed by atoms with E-state index in [1.165, 1.54) is 18.7 Å². The second kappa shape index (κ2) is 6.48. The SMILES string of the molecule is COc1cccc(Cl)c1S(=O)(=O)Nc1noc2c1CC1(CC1)c1ccc(Br)cc1-2. The van der Waals surface area contributed by atoms with Crippen molar-refractivity contribution in [1.29, 1.82) is 0 Å². The first-order valence-electron chi connectivity index (χ1n) is 8.99. The van der Waals surface area contributed by atoms with Crippen molar-refractivity contribution in [3.05, 3.63) is 57.0 Å². The fourth-order valence-corrected chi connectivity index (χ4v) is 6.14. The lowest BCUT2D eigenvalue weighted by molar-refractivity contribution is 0.403. The molecule has 1 N–H and O–H groups in total. The lowest BCUT2D eigenvalue weighted by atomic mass is 9.79. The summed E-state index contributed by atoms with van der Waals surface area (Å²) in [5.74, 6) is 0.955. The zero-order valence-electron chi connectivity index (χ0n) is 15.3. The van der Waals surface area contributed by atoms with E-state index in [2.05, 4.69) is 31.9 Å². The topological polar surface area (TPSA) is 81.4 Å². The minimum absolute atomic E-state index is 0.0247. The summed E-state index contributed by atoms with van der Waals surface area (Å²) in [6, 6.07) is 10.8. The minimum Gasteiger partial charge on any atom is -0.495 e. The number of ether oxygens (including phenoxy) is 1. The zero-order chi connectivity index (χ0) is 20.4. The number of halogens is 2. The number of sulfonamides is 1. The number of nitrogens with zero attached hydrogens (tertiary/aromatic N) is 1. The van der Waals surface area contributed by atoms with Crippen molar-refractivity contribution < 1.29 is 17.7 Å². The van der Waals surface area contributed by atoms with Gasteiger partial charge in [-0.25, -0.2) is 8.42 Å². The van der Waals surface area contributed by atoms with E-state index in [0.29, 0.717) is 12.2 Å². The molecule has 1 heterocycles. The third-order valence-corrected chi connectivity index (χ3v) is 7.95. The summed E-state index contributed by atoms with van der Waals surface area (Å²) in [4.78, 5) is -0.124. The van der Waals surface area contributed by atoms with Crippen LogP contribution in [0.2, 0.25) is 5.02 Å². The molecule has 3 aromatic rings. The molecule has 150 valence electrons. The average molecular weight is 496 g/mol. The summed E-state index contributed by atoms with van der Waals surface area (Å²) in [5, 5.41) is 4.12.